The molecule has 90 valence electrons. The molecule has 2 N–H and O–H groups in total. The normalized spacial score (nSPS) is 10.5. The van der Waals surface area contributed by atoms with Crippen LogP contribution in [0.3, 0.4) is 0 Å². The van der Waals surface area contributed by atoms with Gasteiger partial charge in [-0.1, -0.05) is 15.9 Å². The fourth-order valence-corrected chi connectivity index (χ4v) is 1.85. The highest BCUT2D eigenvalue weighted by Gasteiger charge is 2.06. The van der Waals surface area contributed by atoms with Crippen LogP contribution >= 0.6 is 15.9 Å². The maximum atomic E-state index is 5.68. The van der Waals surface area contributed by atoms with Crippen LogP contribution in [0.15, 0.2) is 29.0 Å². The molecular weight excluding hydrogens is 284 g/mol. The van der Waals surface area contributed by atoms with Crippen LogP contribution < -0.4 is 10.5 Å². The lowest BCUT2D eigenvalue weighted by Gasteiger charge is -2.10. The van der Waals surface area contributed by atoms with Crippen molar-refractivity contribution in [1.82, 2.24) is 14.8 Å². The number of ether oxygens (including phenoxy) is 1. The van der Waals surface area contributed by atoms with Crippen molar-refractivity contribution in [3.05, 3.63) is 40.4 Å². The first-order chi connectivity index (χ1) is 8.20. The molecular formula is C11H13BrN4O. The average molecular weight is 297 g/mol. The van der Waals surface area contributed by atoms with Crippen molar-refractivity contribution in [2.45, 2.75) is 13.2 Å². The molecule has 0 saturated carbocycles. The minimum Gasteiger partial charge on any atom is -0.485 e. The van der Waals surface area contributed by atoms with E-state index in [9.17, 15) is 0 Å². The highest BCUT2D eigenvalue weighted by molar-refractivity contribution is 9.10. The summed E-state index contributed by atoms with van der Waals surface area (Å²) in [6, 6.07) is 5.76. The zero-order valence-electron chi connectivity index (χ0n) is 9.43. The van der Waals surface area contributed by atoms with E-state index in [0.29, 0.717) is 13.2 Å². The molecule has 0 fully saturated rings. The van der Waals surface area contributed by atoms with E-state index in [1.54, 1.807) is 4.68 Å². The van der Waals surface area contributed by atoms with Gasteiger partial charge in [0, 0.05) is 23.6 Å². The number of nitrogens with two attached hydrogens (primary N) is 1. The Hall–Kier alpha value is -1.40. The second kappa shape index (κ2) is 5.29. The molecule has 0 radical (unpaired) electrons. The lowest BCUT2D eigenvalue weighted by molar-refractivity contribution is 0.287. The molecule has 0 unspecified atom stereocenters. The number of benzene rings is 1. The van der Waals surface area contributed by atoms with Gasteiger partial charge in [-0.3, -0.25) is 4.68 Å². The third-order valence-corrected chi connectivity index (χ3v) is 2.90. The molecule has 1 aromatic heterocycles. The van der Waals surface area contributed by atoms with Crippen LogP contribution in [0.2, 0.25) is 0 Å². The Morgan fingerprint density at radius 2 is 2.29 bits per heavy atom. The van der Waals surface area contributed by atoms with Crippen molar-refractivity contribution in [1.29, 1.82) is 0 Å². The first-order valence-electron chi connectivity index (χ1n) is 5.15. The van der Waals surface area contributed by atoms with Crippen LogP contribution in [0, 0.1) is 0 Å². The number of nitrogens with zero attached hydrogens (tertiary/aromatic N) is 3. The smallest absolute Gasteiger partial charge is 0.164 e. The summed E-state index contributed by atoms with van der Waals surface area (Å²) in [4.78, 5) is 4.09. The fourth-order valence-electron chi connectivity index (χ4n) is 1.44. The number of hydrogen-bond donors (Lipinski definition) is 1. The Labute approximate surface area is 108 Å². The quantitative estimate of drug-likeness (QED) is 0.931. The molecule has 0 aliphatic rings. The number of hydrogen-bond acceptors (Lipinski definition) is 4. The topological polar surface area (TPSA) is 66.0 Å². The third-order valence-electron chi connectivity index (χ3n) is 2.40. The van der Waals surface area contributed by atoms with E-state index in [1.165, 1.54) is 6.33 Å². The molecule has 0 atom stereocenters. The molecule has 0 aliphatic carbocycles. The summed E-state index contributed by atoms with van der Waals surface area (Å²) in [6.45, 7) is 0.818. The SMILES string of the molecule is Cn1ncnc1COc1ccc(Br)cc1CN. The zero-order valence-corrected chi connectivity index (χ0v) is 11.0. The van der Waals surface area contributed by atoms with Crippen molar-refractivity contribution >= 4 is 15.9 Å². The number of aromatic nitrogens is 3. The Morgan fingerprint density at radius 1 is 1.47 bits per heavy atom. The van der Waals surface area contributed by atoms with Crippen molar-refractivity contribution in [3.63, 3.8) is 0 Å². The van der Waals surface area contributed by atoms with Gasteiger partial charge >= 0.3 is 0 Å². The van der Waals surface area contributed by atoms with Crippen LogP contribution in [0.5, 0.6) is 5.75 Å². The summed E-state index contributed by atoms with van der Waals surface area (Å²) in [5.41, 5.74) is 6.62. The molecule has 2 rings (SSSR count). The molecule has 2 aromatic rings. The summed E-state index contributed by atoms with van der Waals surface area (Å²) in [5.74, 6) is 1.55. The Bertz CT molecular complexity index is 512. The van der Waals surface area contributed by atoms with E-state index in [0.717, 1.165) is 21.6 Å². The van der Waals surface area contributed by atoms with Gasteiger partial charge in [-0.15, -0.1) is 0 Å². The van der Waals surface area contributed by atoms with Crippen LogP contribution in [-0.2, 0) is 20.2 Å². The molecule has 6 heteroatoms. The number of halogens is 1. The Kier molecular flexibility index (Phi) is 3.75. The van der Waals surface area contributed by atoms with Crippen molar-refractivity contribution in [3.8, 4) is 5.75 Å². The van der Waals surface area contributed by atoms with Gasteiger partial charge in [0.15, 0.2) is 5.82 Å². The van der Waals surface area contributed by atoms with Crippen molar-refractivity contribution in [2.24, 2.45) is 12.8 Å². The summed E-state index contributed by atoms with van der Waals surface area (Å²) >= 11 is 3.40. The van der Waals surface area contributed by atoms with E-state index in [1.807, 2.05) is 25.2 Å². The molecule has 1 heterocycles. The van der Waals surface area contributed by atoms with Gasteiger partial charge in [-0.25, -0.2) is 4.98 Å². The standard InChI is InChI=1S/C11H13BrN4O/c1-16-11(14-7-15-16)6-17-10-3-2-9(12)4-8(10)5-13/h2-4,7H,5-6,13H2,1H3. The van der Waals surface area contributed by atoms with Crippen LogP contribution in [-0.4, -0.2) is 14.8 Å². The molecule has 5 nitrogen and oxygen atoms in total. The first-order valence-corrected chi connectivity index (χ1v) is 5.94. The van der Waals surface area contributed by atoms with Gasteiger partial charge in [0.1, 0.15) is 18.7 Å². The molecule has 0 spiro atoms. The maximum Gasteiger partial charge on any atom is 0.164 e. The molecule has 0 amide bonds. The van der Waals surface area contributed by atoms with Crippen LogP contribution in [0.1, 0.15) is 11.4 Å². The monoisotopic (exact) mass is 296 g/mol. The second-order valence-corrected chi connectivity index (χ2v) is 4.46. The molecule has 0 bridgehead atoms. The minimum absolute atomic E-state index is 0.380. The molecule has 0 saturated heterocycles. The van der Waals surface area contributed by atoms with Gasteiger partial charge in [0.2, 0.25) is 0 Å². The number of aryl methyl sites for hydroxylation is 1. The van der Waals surface area contributed by atoms with Gasteiger partial charge in [-0.05, 0) is 18.2 Å². The van der Waals surface area contributed by atoms with E-state index >= 15 is 0 Å². The van der Waals surface area contributed by atoms with Crippen molar-refractivity contribution < 1.29 is 4.74 Å². The average Bonchev–Trinajstić information content (AvgIpc) is 2.73. The Morgan fingerprint density at radius 3 is 2.94 bits per heavy atom. The molecule has 0 aliphatic heterocycles. The predicted molar refractivity (Wildman–Crippen MR) is 67.4 cm³/mol. The minimum atomic E-state index is 0.380. The predicted octanol–water partition coefficient (Wildman–Crippen LogP) is 1.62. The molecule has 1 aromatic carbocycles. The van der Waals surface area contributed by atoms with E-state index in [-0.39, 0.29) is 0 Å². The van der Waals surface area contributed by atoms with Gasteiger partial charge in [0.05, 0.1) is 0 Å². The van der Waals surface area contributed by atoms with E-state index < -0.39 is 0 Å². The second-order valence-electron chi connectivity index (χ2n) is 3.54. The zero-order chi connectivity index (χ0) is 12.3. The first kappa shape index (κ1) is 12.1. The van der Waals surface area contributed by atoms with E-state index in [4.69, 9.17) is 10.5 Å². The van der Waals surface area contributed by atoms with E-state index in [2.05, 4.69) is 26.0 Å². The lowest BCUT2D eigenvalue weighted by Crippen LogP contribution is -2.07. The van der Waals surface area contributed by atoms with Gasteiger partial charge < -0.3 is 10.5 Å². The highest BCUT2D eigenvalue weighted by Crippen LogP contribution is 2.23. The Balaban J connectivity index is 2.11. The maximum absolute atomic E-state index is 5.68. The third kappa shape index (κ3) is 2.83. The van der Waals surface area contributed by atoms with Crippen LogP contribution in [0.25, 0.3) is 0 Å². The van der Waals surface area contributed by atoms with Gasteiger partial charge in [0.25, 0.3) is 0 Å². The fraction of sp³-hybridized carbons (Fsp3) is 0.273. The molecule has 17 heavy (non-hydrogen) atoms. The summed E-state index contributed by atoms with van der Waals surface area (Å²) in [5, 5.41) is 3.98. The lowest BCUT2D eigenvalue weighted by atomic mass is 10.2. The largest absolute Gasteiger partial charge is 0.485 e. The number of rotatable bonds is 4. The highest BCUT2D eigenvalue weighted by atomic mass is 79.9. The van der Waals surface area contributed by atoms with Gasteiger partial charge in [-0.2, -0.15) is 5.10 Å². The van der Waals surface area contributed by atoms with Crippen LogP contribution in [0.4, 0.5) is 0 Å². The summed E-state index contributed by atoms with van der Waals surface area (Å²) in [6.07, 6.45) is 1.50. The summed E-state index contributed by atoms with van der Waals surface area (Å²) in [7, 11) is 1.83. The summed E-state index contributed by atoms with van der Waals surface area (Å²) < 4.78 is 8.36. The van der Waals surface area contributed by atoms with Crippen molar-refractivity contribution in [2.75, 3.05) is 0 Å².